The van der Waals surface area contributed by atoms with Crippen LogP contribution in [0.25, 0.3) is 0 Å². The van der Waals surface area contributed by atoms with Crippen molar-refractivity contribution in [2.24, 2.45) is 28.6 Å². The summed E-state index contributed by atoms with van der Waals surface area (Å²) in [5.41, 5.74) is -1.97. The Kier molecular flexibility index (Phi) is 6.80. The molecule has 4 aliphatic carbocycles. The van der Waals surface area contributed by atoms with Crippen LogP contribution in [-0.4, -0.2) is 53.1 Å². The standard InChI is InChI=1S/C21H30O8S.Na/c1-19-7-5-13(22)9-12(19)3-4-14-15-6-8-21(25,17(24)11-29-30(26,27)28)20(15,2)10-16(23)18(14)19;/h9,14-16,18,23,25H,3-8,10-11H2,1-2H3,(H,26,27,28);/q;+1/p-1/t14-,15-,16-,18?,19-,20-,21-;/m0./s1. The monoisotopic (exact) mass is 464 g/mol. The molecular formula is C21H29NaO8S. The van der Waals surface area contributed by atoms with Crippen LogP contribution in [0.2, 0.25) is 0 Å². The Labute approximate surface area is 205 Å². The first-order chi connectivity index (χ1) is 13.8. The molecule has 0 amide bonds. The second-order valence-electron chi connectivity index (χ2n) is 10.1. The predicted octanol–water partition coefficient (Wildman–Crippen LogP) is -1.73. The van der Waals surface area contributed by atoms with Crippen LogP contribution in [0.1, 0.15) is 58.8 Å². The van der Waals surface area contributed by atoms with Gasteiger partial charge in [0.15, 0.2) is 11.6 Å². The van der Waals surface area contributed by atoms with Crippen molar-refractivity contribution in [2.75, 3.05) is 6.61 Å². The van der Waals surface area contributed by atoms with Crippen LogP contribution in [0, 0.1) is 28.6 Å². The molecule has 2 N–H and O–H groups in total. The SMILES string of the molecule is C[C@]12CCC(=O)C=C1CC[C@@H]1C2[C@@H](O)C[C@@]2(C)[C@H]1CC[C@]2(O)C(=O)COS(=O)(=O)[O-].[Na+]. The van der Waals surface area contributed by atoms with Crippen LogP contribution in [0.15, 0.2) is 11.6 Å². The van der Waals surface area contributed by atoms with Gasteiger partial charge in [-0.2, -0.15) is 0 Å². The average Bonchev–Trinajstić information content (AvgIpc) is 2.91. The normalized spacial score (nSPS) is 44.4. The summed E-state index contributed by atoms with van der Waals surface area (Å²) in [7, 11) is -5.05. The van der Waals surface area contributed by atoms with Gasteiger partial charge in [-0.15, -0.1) is 0 Å². The van der Waals surface area contributed by atoms with Crippen molar-refractivity contribution in [3.8, 4) is 0 Å². The third-order valence-electron chi connectivity index (χ3n) is 8.84. The second kappa shape index (κ2) is 8.27. The minimum Gasteiger partial charge on any atom is -0.726 e. The molecule has 0 radical (unpaired) electrons. The van der Waals surface area contributed by atoms with Crippen molar-refractivity contribution in [1.29, 1.82) is 0 Å². The summed E-state index contributed by atoms with van der Waals surface area (Å²) in [4.78, 5) is 24.7. The van der Waals surface area contributed by atoms with Crippen LogP contribution >= 0.6 is 0 Å². The first-order valence-electron chi connectivity index (χ1n) is 10.6. The van der Waals surface area contributed by atoms with Gasteiger partial charge in [0.1, 0.15) is 12.2 Å². The van der Waals surface area contributed by atoms with Crippen LogP contribution in [0.4, 0.5) is 0 Å². The van der Waals surface area contributed by atoms with Gasteiger partial charge in [-0.05, 0) is 67.8 Å². The topological polar surface area (TPSA) is 141 Å². The number of carbonyl (C=O) groups excluding carboxylic acids is 2. The molecule has 168 valence electrons. The molecule has 0 heterocycles. The van der Waals surface area contributed by atoms with Gasteiger partial charge in [-0.3, -0.25) is 13.8 Å². The minimum atomic E-state index is -5.05. The van der Waals surface area contributed by atoms with Crippen molar-refractivity contribution in [3.05, 3.63) is 11.6 Å². The first kappa shape index (κ1) is 25.5. The van der Waals surface area contributed by atoms with E-state index in [1.807, 2.05) is 0 Å². The number of allylic oxidation sites excluding steroid dienone is 1. The molecule has 0 aliphatic heterocycles. The molecule has 1 unspecified atom stereocenters. The summed E-state index contributed by atoms with van der Waals surface area (Å²) < 4.78 is 36.4. The summed E-state index contributed by atoms with van der Waals surface area (Å²) in [6.45, 7) is 2.90. The van der Waals surface area contributed by atoms with Gasteiger partial charge < -0.3 is 14.8 Å². The van der Waals surface area contributed by atoms with Gasteiger partial charge in [0.2, 0.25) is 10.4 Å². The summed E-state index contributed by atoms with van der Waals surface area (Å²) in [5.74, 6) is -0.701. The molecule has 0 aromatic carbocycles. The Morgan fingerprint density at radius 1 is 1.26 bits per heavy atom. The molecule has 4 aliphatic rings. The Morgan fingerprint density at radius 2 is 1.94 bits per heavy atom. The van der Waals surface area contributed by atoms with Gasteiger partial charge in [0.05, 0.1) is 6.10 Å². The smallest absolute Gasteiger partial charge is 0.726 e. The maximum Gasteiger partial charge on any atom is 1.00 e. The predicted molar refractivity (Wildman–Crippen MR) is 104 cm³/mol. The van der Waals surface area contributed by atoms with E-state index in [4.69, 9.17) is 0 Å². The zero-order valence-corrected chi connectivity index (χ0v) is 21.1. The van der Waals surface area contributed by atoms with E-state index in [1.54, 1.807) is 13.0 Å². The molecule has 3 saturated carbocycles. The molecule has 0 saturated heterocycles. The first-order valence-corrected chi connectivity index (χ1v) is 11.9. The summed E-state index contributed by atoms with van der Waals surface area (Å²) >= 11 is 0. The molecule has 7 atom stereocenters. The van der Waals surface area contributed by atoms with E-state index in [0.29, 0.717) is 19.3 Å². The molecular weight excluding hydrogens is 435 g/mol. The molecule has 31 heavy (non-hydrogen) atoms. The minimum absolute atomic E-state index is 0. The largest absolute Gasteiger partial charge is 1.00 e. The fourth-order valence-electron chi connectivity index (χ4n) is 7.40. The number of hydrogen-bond donors (Lipinski definition) is 2. The number of aliphatic hydroxyl groups is 2. The van der Waals surface area contributed by atoms with E-state index in [0.717, 1.165) is 18.4 Å². The Balaban J connectivity index is 0.00000272. The van der Waals surface area contributed by atoms with Crippen molar-refractivity contribution in [3.63, 3.8) is 0 Å². The van der Waals surface area contributed by atoms with E-state index >= 15 is 0 Å². The summed E-state index contributed by atoms with van der Waals surface area (Å²) in [6.07, 6.45) is 4.57. The molecule has 3 fully saturated rings. The van der Waals surface area contributed by atoms with E-state index in [2.05, 4.69) is 11.1 Å². The van der Waals surface area contributed by atoms with Crippen molar-refractivity contribution < 1.29 is 66.5 Å². The maximum absolute atomic E-state index is 12.8. The molecule has 0 bridgehead atoms. The molecule has 10 heteroatoms. The van der Waals surface area contributed by atoms with Gasteiger partial charge in [-0.25, -0.2) is 8.42 Å². The third kappa shape index (κ3) is 3.93. The number of Topliss-reactive ketones (excluding diaryl/α,β-unsaturated/α-hetero) is 1. The van der Waals surface area contributed by atoms with Crippen molar-refractivity contribution in [2.45, 2.75) is 70.5 Å². The summed E-state index contributed by atoms with van der Waals surface area (Å²) in [5, 5.41) is 22.6. The molecule has 0 aromatic rings. The fourth-order valence-corrected chi connectivity index (χ4v) is 7.65. The molecule has 0 spiro atoms. The zero-order chi connectivity index (χ0) is 22.1. The molecule has 0 aromatic heterocycles. The van der Waals surface area contributed by atoms with Gasteiger partial charge in [0, 0.05) is 11.8 Å². The average molecular weight is 465 g/mol. The zero-order valence-electron chi connectivity index (χ0n) is 18.3. The third-order valence-corrected chi connectivity index (χ3v) is 9.25. The Hall–Kier alpha value is -0.130. The van der Waals surface area contributed by atoms with E-state index in [-0.39, 0.29) is 71.4 Å². The van der Waals surface area contributed by atoms with E-state index in [1.165, 1.54) is 0 Å². The van der Waals surface area contributed by atoms with E-state index < -0.39 is 39.9 Å². The number of ketones is 2. The quantitative estimate of drug-likeness (QED) is 0.284. The number of hydrogen-bond acceptors (Lipinski definition) is 8. The van der Waals surface area contributed by atoms with Gasteiger partial charge >= 0.3 is 29.6 Å². The van der Waals surface area contributed by atoms with Gasteiger partial charge in [0.25, 0.3) is 0 Å². The van der Waals surface area contributed by atoms with Gasteiger partial charge in [-0.1, -0.05) is 19.4 Å². The number of aliphatic hydroxyl groups excluding tert-OH is 1. The van der Waals surface area contributed by atoms with Crippen molar-refractivity contribution >= 4 is 22.0 Å². The number of rotatable bonds is 4. The van der Waals surface area contributed by atoms with E-state index in [9.17, 15) is 32.8 Å². The number of fused-ring (bicyclic) bond motifs is 5. The van der Waals surface area contributed by atoms with Crippen LogP contribution in [0.5, 0.6) is 0 Å². The van der Waals surface area contributed by atoms with Crippen LogP contribution < -0.4 is 29.6 Å². The maximum atomic E-state index is 12.8. The van der Waals surface area contributed by atoms with Crippen LogP contribution in [0.3, 0.4) is 0 Å². The summed E-state index contributed by atoms with van der Waals surface area (Å²) in [6, 6.07) is 0. The van der Waals surface area contributed by atoms with Crippen LogP contribution in [-0.2, 0) is 24.2 Å². The Bertz CT molecular complexity index is 916. The molecule has 8 nitrogen and oxygen atoms in total. The number of carbonyl (C=O) groups is 2. The van der Waals surface area contributed by atoms with Crippen molar-refractivity contribution in [1.82, 2.24) is 0 Å². The Morgan fingerprint density at radius 3 is 2.58 bits per heavy atom. The second-order valence-corrected chi connectivity index (χ2v) is 11.1. The molecule has 4 rings (SSSR count). The fraction of sp³-hybridized carbons (Fsp3) is 0.810.